The summed E-state index contributed by atoms with van der Waals surface area (Å²) in [6.07, 6.45) is 4.60. The Hall–Kier alpha value is -2.26. The highest BCUT2D eigenvalue weighted by Gasteiger charge is 2.12. The second-order valence-electron chi connectivity index (χ2n) is 5.10. The van der Waals surface area contributed by atoms with Crippen molar-refractivity contribution >= 4 is 10.9 Å². The van der Waals surface area contributed by atoms with Gasteiger partial charge in [-0.1, -0.05) is 37.3 Å². The summed E-state index contributed by atoms with van der Waals surface area (Å²) in [6, 6.07) is 16.8. The van der Waals surface area contributed by atoms with E-state index in [9.17, 15) is 0 Å². The highest BCUT2D eigenvalue weighted by Crippen LogP contribution is 2.19. The molecular formula is C18H19N3. The maximum Gasteiger partial charge on any atom is 0.0705 e. The first-order valence-electron chi connectivity index (χ1n) is 7.35. The van der Waals surface area contributed by atoms with Crippen molar-refractivity contribution in [3.8, 4) is 0 Å². The van der Waals surface area contributed by atoms with Crippen molar-refractivity contribution in [3.05, 3.63) is 72.2 Å². The Balaban J connectivity index is 1.87. The molecule has 0 aliphatic heterocycles. The number of rotatable bonds is 5. The van der Waals surface area contributed by atoms with Crippen molar-refractivity contribution in [2.45, 2.75) is 19.4 Å². The minimum Gasteiger partial charge on any atom is -0.310 e. The molecule has 3 rings (SSSR count). The molecular weight excluding hydrogens is 258 g/mol. The number of fused-ring (bicyclic) bond motifs is 1. The largest absolute Gasteiger partial charge is 0.310 e. The van der Waals surface area contributed by atoms with Crippen LogP contribution in [0.4, 0.5) is 0 Å². The van der Waals surface area contributed by atoms with Crippen molar-refractivity contribution in [1.82, 2.24) is 15.3 Å². The molecule has 2 aromatic heterocycles. The van der Waals surface area contributed by atoms with E-state index in [1.165, 1.54) is 10.9 Å². The maximum absolute atomic E-state index is 4.76. The normalized spacial score (nSPS) is 12.4. The fourth-order valence-corrected chi connectivity index (χ4v) is 2.57. The first-order chi connectivity index (χ1) is 10.4. The van der Waals surface area contributed by atoms with Crippen LogP contribution in [0.3, 0.4) is 0 Å². The monoisotopic (exact) mass is 277 g/mol. The van der Waals surface area contributed by atoms with E-state index in [1.807, 2.05) is 24.4 Å². The second-order valence-corrected chi connectivity index (χ2v) is 5.10. The molecule has 1 atom stereocenters. The summed E-state index contributed by atoms with van der Waals surface area (Å²) in [5.74, 6) is 0. The average molecular weight is 277 g/mol. The van der Waals surface area contributed by atoms with Crippen molar-refractivity contribution in [2.24, 2.45) is 0 Å². The molecule has 0 fully saturated rings. The van der Waals surface area contributed by atoms with E-state index < -0.39 is 0 Å². The van der Waals surface area contributed by atoms with Gasteiger partial charge in [0.1, 0.15) is 0 Å². The third-order valence-electron chi connectivity index (χ3n) is 3.61. The van der Waals surface area contributed by atoms with E-state index in [-0.39, 0.29) is 6.04 Å². The molecule has 0 aliphatic carbocycles. The summed E-state index contributed by atoms with van der Waals surface area (Å²) >= 11 is 0. The van der Waals surface area contributed by atoms with Crippen LogP contribution < -0.4 is 5.32 Å². The standard InChI is InChI=1S/C18H19N3/c1-2-20-18(15-7-5-11-19-13-15)12-16-10-9-14-6-3-4-8-17(14)21-16/h3-11,13,18,20H,2,12H2,1H3. The first-order valence-corrected chi connectivity index (χ1v) is 7.35. The van der Waals surface area contributed by atoms with Gasteiger partial charge in [0.05, 0.1) is 5.52 Å². The van der Waals surface area contributed by atoms with Gasteiger partial charge in [-0.05, 0) is 30.3 Å². The van der Waals surface area contributed by atoms with Crippen molar-refractivity contribution in [2.75, 3.05) is 6.54 Å². The van der Waals surface area contributed by atoms with E-state index in [2.05, 4.69) is 47.6 Å². The molecule has 0 spiro atoms. The Morgan fingerprint density at radius 3 is 2.76 bits per heavy atom. The lowest BCUT2D eigenvalue weighted by molar-refractivity contribution is 0.543. The lowest BCUT2D eigenvalue weighted by Crippen LogP contribution is -2.23. The van der Waals surface area contributed by atoms with Crippen LogP contribution in [0.15, 0.2) is 60.9 Å². The molecule has 1 aromatic carbocycles. The van der Waals surface area contributed by atoms with Crippen LogP contribution in [0.5, 0.6) is 0 Å². The van der Waals surface area contributed by atoms with E-state index >= 15 is 0 Å². The molecule has 0 bridgehead atoms. The molecule has 0 amide bonds. The van der Waals surface area contributed by atoms with Gasteiger partial charge in [0, 0.05) is 35.9 Å². The number of likely N-dealkylation sites (N-methyl/N-ethyl adjacent to an activating group) is 1. The molecule has 21 heavy (non-hydrogen) atoms. The van der Waals surface area contributed by atoms with Crippen molar-refractivity contribution in [3.63, 3.8) is 0 Å². The fourth-order valence-electron chi connectivity index (χ4n) is 2.57. The number of para-hydroxylation sites is 1. The fraction of sp³-hybridized carbons (Fsp3) is 0.222. The quantitative estimate of drug-likeness (QED) is 0.775. The van der Waals surface area contributed by atoms with Gasteiger partial charge >= 0.3 is 0 Å². The molecule has 0 saturated heterocycles. The highest BCUT2D eigenvalue weighted by molar-refractivity contribution is 5.78. The highest BCUT2D eigenvalue weighted by atomic mass is 14.9. The summed E-state index contributed by atoms with van der Waals surface area (Å²) in [4.78, 5) is 8.98. The van der Waals surface area contributed by atoms with Gasteiger partial charge < -0.3 is 5.32 Å². The van der Waals surface area contributed by atoms with Crippen LogP contribution in [0.25, 0.3) is 10.9 Å². The topological polar surface area (TPSA) is 37.8 Å². The molecule has 0 radical (unpaired) electrons. The van der Waals surface area contributed by atoms with Gasteiger partial charge in [-0.3, -0.25) is 9.97 Å². The minimum absolute atomic E-state index is 0.248. The summed E-state index contributed by atoms with van der Waals surface area (Å²) in [5.41, 5.74) is 3.36. The van der Waals surface area contributed by atoms with Gasteiger partial charge in [-0.2, -0.15) is 0 Å². The Labute approximate surface area is 125 Å². The maximum atomic E-state index is 4.76. The number of benzene rings is 1. The predicted octanol–water partition coefficient (Wildman–Crippen LogP) is 3.52. The summed E-state index contributed by atoms with van der Waals surface area (Å²) in [6.45, 7) is 3.05. The first kappa shape index (κ1) is 13.7. The van der Waals surface area contributed by atoms with E-state index in [0.29, 0.717) is 0 Å². The lowest BCUT2D eigenvalue weighted by Gasteiger charge is -2.17. The Bertz CT molecular complexity index is 710. The van der Waals surface area contributed by atoms with Crippen LogP contribution in [0, 0.1) is 0 Å². The zero-order chi connectivity index (χ0) is 14.5. The molecule has 1 N–H and O–H groups in total. The van der Waals surface area contributed by atoms with E-state index in [1.54, 1.807) is 6.20 Å². The van der Waals surface area contributed by atoms with Gasteiger partial charge in [-0.25, -0.2) is 0 Å². The van der Waals surface area contributed by atoms with E-state index in [4.69, 9.17) is 4.98 Å². The van der Waals surface area contributed by atoms with Gasteiger partial charge in [0.25, 0.3) is 0 Å². The number of aromatic nitrogens is 2. The van der Waals surface area contributed by atoms with Crippen LogP contribution in [0.1, 0.15) is 24.2 Å². The van der Waals surface area contributed by atoms with Gasteiger partial charge in [-0.15, -0.1) is 0 Å². The summed E-state index contributed by atoms with van der Waals surface area (Å²) < 4.78 is 0. The molecule has 0 aliphatic rings. The van der Waals surface area contributed by atoms with Crippen molar-refractivity contribution < 1.29 is 0 Å². The lowest BCUT2D eigenvalue weighted by atomic mass is 10.0. The number of nitrogens with one attached hydrogen (secondary N) is 1. The van der Waals surface area contributed by atoms with Crippen LogP contribution in [0.2, 0.25) is 0 Å². The SMILES string of the molecule is CCNC(Cc1ccc2ccccc2n1)c1cccnc1. The molecule has 1 unspecified atom stereocenters. The zero-order valence-corrected chi connectivity index (χ0v) is 12.2. The molecule has 3 nitrogen and oxygen atoms in total. The summed E-state index contributed by atoms with van der Waals surface area (Å²) in [7, 11) is 0. The smallest absolute Gasteiger partial charge is 0.0705 e. The molecule has 106 valence electrons. The third kappa shape index (κ3) is 3.26. The minimum atomic E-state index is 0.248. The predicted molar refractivity (Wildman–Crippen MR) is 86.1 cm³/mol. The van der Waals surface area contributed by atoms with E-state index in [0.717, 1.165) is 24.2 Å². The number of hydrogen-bond donors (Lipinski definition) is 1. The van der Waals surface area contributed by atoms with Gasteiger partial charge in [0.15, 0.2) is 0 Å². The Morgan fingerprint density at radius 1 is 1.05 bits per heavy atom. The second kappa shape index (κ2) is 6.46. The zero-order valence-electron chi connectivity index (χ0n) is 12.2. The number of pyridine rings is 2. The molecule has 3 heteroatoms. The van der Waals surface area contributed by atoms with Gasteiger partial charge in [0.2, 0.25) is 0 Å². The molecule has 2 heterocycles. The van der Waals surface area contributed by atoms with Crippen LogP contribution in [-0.4, -0.2) is 16.5 Å². The summed E-state index contributed by atoms with van der Waals surface area (Å²) in [5, 5.41) is 4.70. The molecule has 0 saturated carbocycles. The number of nitrogens with zero attached hydrogens (tertiary/aromatic N) is 2. The van der Waals surface area contributed by atoms with Crippen LogP contribution >= 0.6 is 0 Å². The Kier molecular flexibility index (Phi) is 4.22. The third-order valence-corrected chi connectivity index (χ3v) is 3.61. The molecule has 3 aromatic rings. The average Bonchev–Trinajstić information content (AvgIpc) is 2.55. The Morgan fingerprint density at radius 2 is 1.95 bits per heavy atom. The number of hydrogen-bond acceptors (Lipinski definition) is 3. The van der Waals surface area contributed by atoms with Crippen molar-refractivity contribution in [1.29, 1.82) is 0 Å². The van der Waals surface area contributed by atoms with Crippen LogP contribution in [-0.2, 0) is 6.42 Å².